The predicted molar refractivity (Wildman–Crippen MR) is 87.8 cm³/mol. The number of rotatable bonds is 6. The molecule has 0 radical (unpaired) electrons. The molecule has 5 nitrogen and oxygen atoms in total. The summed E-state index contributed by atoms with van der Waals surface area (Å²) >= 11 is 7.44. The number of hydrogen-bond donors (Lipinski definition) is 1. The number of benzene rings is 1. The van der Waals surface area contributed by atoms with Gasteiger partial charge in [0.05, 0.1) is 17.0 Å². The van der Waals surface area contributed by atoms with Gasteiger partial charge in [0.25, 0.3) is 0 Å². The van der Waals surface area contributed by atoms with Gasteiger partial charge >= 0.3 is 0 Å². The second-order valence-electron chi connectivity index (χ2n) is 5.41. The van der Waals surface area contributed by atoms with Gasteiger partial charge in [-0.25, -0.2) is 0 Å². The number of hydrogen-bond acceptors (Lipinski definition) is 5. The van der Waals surface area contributed by atoms with E-state index in [1.165, 1.54) is 11.8 Å². The van der Waals surface area contributed by atoms with Crippen molar-refractivity contribution in [1.82, 2.24) is 15.5 Å². The van der Waals surface area contributed by atoms with Gasteiger partial charge in [0, 0.05) is 11.9 Å². The molecular formula is C15H18ClN3O2S. The first-order valence-electron chi connectivity index (χ1n) is 6.81. The first-order chi connectivity index (χ1) is 10.4. The zero-order chi connectivity index (χ0) is 16.2. The van der Waals surface area contributed by atoms with Crippen molar-refractivity contribution in [3.8, 4) is 0 Å². The number of carbonyl (C=O) groups excluding carboxylic acids is 1. The molecule has 0 atom stereocenters. The Morgan fingerprint density at radius 3 is 2.86 bits per heavy atom. The molecule has 2 aromatic rings. The van der Waals surface area contributed by atoms with Crippen molar-refractivity contribution in [3.63, 3.8) is 0 Å². The van der Waals surface area contributed by atoms with Crippen LogP contribution in [0.4, 0.5) is 0 Å². The van der Waals surface area contributed by atoms with Gasteiger partial charge in [-0.05, 0) is 31.5 Å². The Labute approximate surface area is 138 Å². The van der Waals surface area contributed by atoms with E-state index in [9.17, 15) is 4.79 Å². The summed E-state index contributed by atoms with van der Waals surface area (Å²) in [4.78, 5) is 16.2. The van der Waals surface area contributed by atoms with Crippen LogP contribution in [-0.4, -0.2) is 21.8 Å². The molecule has 22 heavy (non-hydrogen) atoms. The normalized spacial score (nSPS) is 11.5. The molecule has 0 unspecified atom stereocenters. The zero-order valence-corrected chi connectivity index (χ0v) is 14.3. The molecule has 0 spiro atoms. The van der Waals surface area contributed by atoms with Crippen molar-refractivity contribution in [1.29, 1.82) is 0 Å². The smallest absolute Gasteiger partial charge is 0.230 e. The fourth-order valence-corrected chi connectivity index (χ4v) is 2.82. The Balaban J connectivity index is 1.85. The van der Waals surface area contributed by atoms with Crippen molar-refractivity contribution in [3.05, 3.63) is 46.6 Å². The lowest BCUT2D eigenvalue weighted by Gasteiger charge is -2.27. The molecule has 0 aliphatic heterocycles. The third-order valence-corrected chi connectivity index (χ3v) is 4.20. The van der Waals surface area contributed by atoms with Crippen LogP contribution in [0.2, 0.25) is 5.02 Å². The molecule has 0 aliphatic carbocycles. The van der Waals surface area contributed by atoms with Crippen molar-refractivity contribution in [2.75, 3.05) is 5.75 Å². The molecule has 1 amide bonds. The van der Waals surface area contributed by atoms with E-state index in [1.54, 1.807) is 6.92 Å². The summed E-state index contributed by atoms with van der Waals surface area (Å²) in [5.41, 5.74) is 0.484. The molecule has 1 heterocycles. The van der Waals surface area contributed by atoms with Crippen molar-refractivity contribution >= 4 is 29.3 Å². The van der Waals surface area contributed by atoms with E-state index in [1.807, 2.05) is 38.1 Å². The number of amides is 1. The molecule has 0 bridgehead atoms. The summed E-state index contributed by atoms with van der Waals surface area (Å²) in [5, 5.41) is 7.45. The SMILES string of the molecule is Cc1nc(CSCC(=O)NC(C)(C)c2cccc(Cl)c2)no1. The van der Waals surface area contributed by atoms with E-state index in [2.05, 4.69) is 15.5 Å². The topological polar surface area (TPSA) is 68.0 Å². The van der Waals surface area contributed by atoms with Crippen LogP contribution in [0.1, 0.15) is 31.1 Å². The Morgan fingerprint density at radius 1 is 1.45 bits per heavy atom. The highest BCUT2D eigenvalue weighted by Gasteiger charge is 2.22. The second-order valence-corrected chi connectivity index (χ2v) is 6.83. The molecule has 118 valence electrons. The minimum Gasteiger partial charge on any atom is -0.346 e. The van der Waals surface area contributed by atoms with Crippen LogP contribution in [0.3, 0.4) is 0 Å². The van der Waals surface area contributed by atoms with Gasteiger partial charge in [-0.15, -0.1) is 11.8 Å². The molecule has 7 heteroatoms. The zero-order valence-electron chi connectivity index (χ0n) is 12.7. The molecule has 0 fully saturated rings. The molecule has 0 aliphatic rings. The highest BCUT2D eigenvalue weighted by molar-refractivity contribution is 7.99. The number of thioether (sulfide) groups is 1. The molecule has 1 aromatic carbocycles. The molecule has 2 rings (SSSR count). The molecular weight excluding hydrogens is 322 g/mol. The van der Waals surface area contributed by atoms with Crippen LogP contribution in [-0.2, 0) is 16.1 Å². The first kappa shape index (κ1) is 16.8. The van der Waals surface area contributed by atoms with Gasteiger partial charge in [0.2, 0.25) is 11.8 Å². The van der Waals surface area contributed by atoms with Crippen molar-refractivity contribution in [2.24, 2.45) is 0 Å². The lowest BCUT2D eigenvalue weighted by atomic mass is 9.94. The summed E-state index contributed by atoms with van der Waals surface area (Å²) in [7, 11) is 0. The fraction of sp³-hybridized carbons (Fsp3) is 0.400. The minimum atomic E-state index is -0.481. The summed E-state index contributed by atoms with van der Waals surface area (Å²) in [5.74, 6) is 1.96. The minimum absolute atomic E-state index is 0.0461. The van der Waals surface area contributed by atoms with Crippen LogP contribution in [0.25, 0.3) is 0 Å². The lowest BCUT2D eigenvalue weighted by molar-refractivity contribution is -0.120. The Morgan fingerprint density at radius 2 is 2.23 bits per heavy atom. The lowest BCUT2D eigenvalue weighted by Crippen LogP contribution is -2.41. The number of aryl methyl sites for hydroxylation is 1. The summed E-state index contributed by atoms with van der Waals surface area (Å²) in [6.45, 7) is 5.63. The maximum Gasteiger partial charge on any atom is 0.230 e. The van der Waals surface area contributed by atoms with Crippen LogP contribution in [0.15, 0.2) is 28.8 Å². The summed E-state index contributed by atoms with van der Waals surface area (Å²) in [6.07, 6.45) is 0. The average molecular weight is 340 g/mol. The standard InChI is InChI=1S/C15H18ClN3O2S/c1-10-17-13(19-21-10)8-22-9-14(20)18-15(2,3)11-5-4-6-12(16)7-11/h4-7H,8-9H2,1-3H3,(H,18,20). The van der Waals surface area contributed by atoms with Gasteiger partial charge in [0.1, 0.15) is 0 Å². The van der Waals surface area contributed by atoms with Gasteiger partial charge < -0.3 is 9.84 Å². The summed E-state index contributed by atoms with van der Waals surface area (Å²) in [6, 6.07) is 7.49. The van der Waals surface area contributed by atoms with Crippen LogP contribution >= 0.6 is 23.4 Å². The highest BCUT2D eigenvalue weighted by Crippen LogP contribution is 2.23. The second kappa shape index (κ2) is 7.15. The monoisotopic (exact) mass is 339 g/mol. The van der Waals surface area contributed by atoms with Crippen LogP contribution in [0.5, 0.6) is 0 Å². The number of halogens is 1. The Bertz CT molecular complexity index is 658. The maximum absolute atomic E-state index is 12.1. The largest absolute Gasteiger partial charge is 0.346 e. The van der Waals surface area contributed by atoms with Gasteiger partial charge in [-0.3, -0.25) is 4.79 Å². The van der Waals surface area contributed by atoms with Crippen LogP contribution < -0.4 is 5.32 Å². The van der Waals surface area contributed by atoms with Crippen molar-refractivity contribution in [2.45, 2.75) is 32.1 Å². The molecule has 1 aromatic heterocycles. The molecule has 0 saturated heterocycles. The molecule has 1 N–H and O–H groups in total. The van der Waals surface area contributed by atoms with E-state index in [4.69, 9.17) is 16.1 Å². The van der Waals surface area contributed by atoms with Gasteiger partial charge in [-0.1, -0.05) is 28.9 Å². The van der Waals surface area contributed by atoms with E-state index in [0.717, 1.165) is 5.56 Å². The third kappa shape index (κ3) is 4.74. The number of carbonyl (C=O) groups is 1. The van der Waals surface area contributed by atoms with E-state index < -0.39 is 5.54 Å². The Hall–Kier alpha value is -1.53. The highest BCUT2D eigenvalue weighted by atomic mass is 35.5. The third-order valence-electron chi connectivity index (χ3n) is 3.03. The predicted octanol–water partition coefficient (Wildman–Crippen LogP) is 3.32. The quantitative estimate of drug-likeness (QED) is 0.874. The Kier molecular flexibility index (Phi) is 5.47. The maximum atomic E-state index is 12.1. The average Bonchev–Trinajstić information content (AvgIpc) is 2.84. The number of nitrogens with zero attached hydrogens (tertiary/aromatic N) is 2. The molecule has 0 saturated carbocycles. The fourth-order valence-electron chi connectivity index (χ4n) is 1.97. The van der Waals surface area contributed by atoms with Gasteiger partial charge in [0.15, 0.2) is 5.82 Å². The van der Waals surface area contributed by atoms with Crippen molar-refractivity contribution < 1.29 is 9.32 Å². The van der Waals surface area contributed by atoms with E-state index in [0.29, 0.717) is 28.2 Å². The first-order valence-corrected chi connectivity index (χ1v) is 8.34. The van der Waals surface area contributed by atoms with Gasteiger partial charge in [-0.2, -0.15) is 4.98 Å². The number of nitrogens with one attached hydrogen (secondary N) is 1. The summed E-state index contributed by atoms with van der Waals surface area (Å²) < 4.78 is 4.88. The van der Waals surface area contributed by atoms with E-state index in [-0.39, 0.29) is 5.91 Å². The number of aromatic nitrogens is 2. The van der Waals surface area contributed by atoms with E-state index >= 15 is 0 Å². The van der Waals surface area contributed by atoms with Crippen LogP contribution in [0, 0.1) is 6.92 Å².